The van der Waals surface area contributed by atoms with Crippen LogP contribution < -0.4 is 10.4 Å². The molecule has 0 nitrogen and oxygen atoms in total. The average Bonchev–Trinajstić information content (AvgIpc) is 2.75. The number of rotatable bonds is 4. The van der Waals surface area contributed by atoms with Gasteiger partial charge in [-0.3, -0.25) is 0 Å². The standard InChI is InChI=1S/C24H18Cl2Si/c25-27(26,23-15-7-13-21(17-23)19-9-3-1-4-10-19)24-16-8-14-22(18-24)20-11-5-2-6-12-20/h1-18H. The number of hydrogen-bond donors (Lipinski definition) is 0. The first kappa shape index (κ1) is 18.1. The van der Waals surface area contributed by atoms with Crippen molar-refractivity contribution in [2.24, 2.45) is 0 Å². The molecule has 0 aliphatic heterocycles. The van der Waals surface area contributed by atoms with Gasteiger partial charge in [-0.25, -0.2) is 0 Å². The summed E-state index contributed by atoms with van der Waals surface area (Å²) >= 11 is 14.0. The van der Waals surface area contributed by atoms with Crippen molar-refractivity contribution in [3.63, 3.8) is 0 Å². The topological polar surface area (TPSA) is 0 Å². The molecule has 3 heteroatoms. The van der Waals surface area contributed by atoms with E-state index in [-0.39, 0.29) is 0 Å². The van der Waals surface area contributed by atoms with Gasteiger partial charge in [-0.05, 0) is 32.6 Å². The highest BCUT2D eigenvalue weighted by atomic mass is 35.7. The maximum Gasteiger partial charge on any atom is 0.310 e. The number of halogens is 2. The lowest BCUT2D eigenvalue weighted by Gasteiger charge is -2.19. The van der Waals surface area contributed by atoms with Gasteiger partial charge >= 0.3 is 6.69 Å². The molecule has 0 saturated carbocycles. The molecular weight excluding hydrogens is 387 g/mol. The van der Waals surface area contributed by atoms with Crippen LogP contribution in [0.5, 0.6) is 0 Å². The molecule has 27 heavy (non-hydrogen) atoms. The minimum Gasteiger partial charge on any atom is -0.134 e. The molecule has 0 atom stereocenters. The second-order valence-corrected chi connectivity index (χ2v) is 12.8. The van der Waals surface area contributed by atoms with Crippen LogP contribution in [0.2, 0.25) is 0 Å². The summed E-state index contributed by atoms with van der Waals surface area (Å²) in [6, 6.07) is 37.2. The zero-order chi connectivity index (χ0) is 18.7. The number of benzene rings is 4. The van der Waals surface area contributed by atoms with Gasteiger partial charge in [0, 0.05) is 0 Å². The van der Waals surface area contributed by atoms with Gasteiger partial charge in [-0.1, -0.05) is 109 Å². The molecular formula is C24H18Cl2Si. The zero-order valence-corrected chi connectivity index (χ0v) is 17.2. The molecule has 0 bridgehead atoms. The average molecular weight is 405 g/mol. The van der Waals surface area contributed by atoms with E-state index < -0.39 is 6.69 Å². The van der Waals surface area contributed by atoms with Crippen LogP contribution in [-0.2, 0) is 0 Å². The van der Waals surface area contributed by atoms with Gasteiger partial charge in [0.15, 0.2) is 0 Å². The van der Waals surface area contributed by atoms with Crippen LogP contribution >= 0.6 is 22.2 Å². The van der Waals surface area contributed by atoms with Crippen molar-refractivity contribution in [1.29, 1.82) is 0 Å². The Balaban J connectivity index is 1.74. The van der Waals surface area contributed by atoms with Gasteiger partial charge in [0.05, 0.1) is 0 Å². The minimum absolute atomic E-state index is 0.998. The summed E-state index contributed by atoms with van der Waals surface area (Å²) < 4.78 is 0. The van der Waals surface area contributed by atoms with Crippen LogP contribution in [0, 0.1) is 0 Å². The third kappa shape index (κ3) is 3.86. The molecule has 0 unspecified atom stereocenters. The third-order valence-electron chi connectivity index (χ3n) is 4.66. The quantitative estimate of drug-likeness (QED) is 0.286. The van der Waals surface area contributed by atoms with E-state index in [4.69, 9.17) is 22.2 Å². The predicted molar refractivity (Wildman–Crippen MR) is 120 cm³/mol. The zero-order valence-electron chi connectivity index (χ0n) is 14.6. The molecule has 0 spiro atoms. The van der Waals surface area contributed by atoms with Gasteiger partial charge in [-0.2, -0.15) is 0 Å². The lowest BCUT2D eigenvalue weighted by molar-refractivity contribution is 1.63. The molecule has 132 valence electrons. The second kappa shape index (κ2) is 7.73. The third-order valence-corrected chi connectivity index (χ3v) is 9.36. The summed E-state index contributed by atoms with van der Waals surface area (Å²) in [6.45, 7) is -2.84. The van der Waals surface area contributed by atoms with Crippen molar-refractivity contribution in [2.75, 3.05) is 0 Å². The van der Waals surface area contributed by atoms with E-state index in [1.807, 2.05) is 60.7 Å². The van der Waals surface area contributed by atoms with Gasteiger partial charge in [0.25, 0.3) is 0 Å². The minimum atomic E-state index is -2.84. The van der Waals surface area contributed by atoms with Crippen LogP contribution in [0.25, 0.3) is 22.3 Å². The molecule has 4 aromatic carbocycles. The lowest BCUT2D eigenvalue weighted by atomic mass is 10.1. The molecule has 0 fully saturated rings. The fourth-order valence-electron chi connectivity index (χ4n) is 3.22. The van der Waals surface area contributed by atoms with Gasteiger partial charge in [0.1, 0.15) is 0 Å². The van der Waals surface area contributed by atoms with Crippen LogP contribution in [0.15, 0.2) is 109 Å². The van der Waals surface area contributed by atoms with Gasteiger partial charge in [-0.15, -0.1) is 22.2 Å². The van der Waals surface area contributed by atoms with Crippen LogP contribution in [0.4, 0.5) is 0 Å². The van der Waals surface area contributed by atoms with Crippen molar-refractivity contribution in [3.05, 3.63) is 109 Å². The second-order valence-electron chi connectivity index (χ2n) is 6.47. The molecule has 0 N–H and O–H groups in total. The molecule has 0 amide bonds. The van der Waals surface area contributed by atoms with Gasteiger partial charge in [0.2, 0.25) is 0 Å². The summed E-state index contributed by atoms with van der Waals surface area (Å²) in [5.74, 6) is 0. The Bertz CT molecular complexity index is 959. The fourth-order valence-corrected chi connectivity index (χ4v) is 6.24. The molecule has 0 saturated heterocycles. The maximum atomic E-state index is 7.01. The summed E-state index contributed by atoms with van der Waals surface area (Å²) in [6.07, 6.45) is 0. The normalized spacial score (nSPS) is 11.3. The first-order chi connectivity index (χ1) is 13.1. The smallest absolute Gasteiger partial charge is 0.134 e. The summed E-state index contributed by atoms with van der Waals surface area (Å²) in [5, 5.41) is 2.00. The Labute approximate surface area is 170 Å². The van der Waals surface area contributed by atoms with Crippen molar-refractivity contribution < 1.29 is 0 Å². The molecule has 4 aromatic rings. The van der Waals surface area contributed by atoms with Crippen molar-refractivity contribution in [3.8, 4) is 22.3 Å². The summed E-state index contributed by atoms with van der Waals surface area (Å²) in [5.41, 5.74) is 4.59. The van der Waals surface area contributed by atoms with E-state index in [1.54, 1.807) is 0 Å². The SMILES string of the molecule is Cl[Si](Cl)(c1cccc(-c2ccccc2)c1)c1cccc(-c2ccccc2)c1. The Morgan fingerprint density at radius 3 is 1.19 bits per heavy atom. The number of hydrogen-bond acceptors (Lipinski definition) is 0. The Hall–Kier alpha value is -2.32. The molecule has 0 aromatic heterocycles. The van der Waals surface area contributed by atoms with E-state index in [1.165, 1.54) is 0 Å². The van der Waals surface area contributed by atoms with Crippen LogP contribution in [0.3, 0.4) is 0 Å². The largest absolute Gasteiger partial charge is 0.310 e. The lowest BCUT2D eigenvalue weighted by Crippen LogP contribution is -2.48. The molecule has 0 heterocycles. The van der Waals surface area contributed by atoms with Crippen molar-refractivity contribution in [2.45, 2.75) is 0 Å². The van der Waals surface area contributed by atoms with Crippen molar-refractivity contribution in [1.82, 2.24) is 0 Å². The van der Waals surface area contributed by atoms with Crippen LogP contribution in [-0.4, -0.2) is 6.69 Å². The summed E-state index contributed by atoms with van der Waals surface area (Å²) in [4.78, 5) is 0. The molecule has 4 rings (SSSR count). The summed E-state index contributed by atoms with van der Waals surface area (Å²) in [7, 11) is 0. The fraction of sp³-hybridized carbons (Fsp3) is 0. The predicted octanol–water partition coefficient (Wildman–Crippen LogP) is 6.05. The maximum absolute atomic E-state index is 7.01. The highest BCUT2D eigenvalue weighted by Gasteiger charge is 2.34. The molecule has 0 radical (unpaired) electrons. The molecule has 0 aliphatic rings. The van der Waals surface area contributed by atoms with Crippen LogP contribution in [0.1, 0.15) is 0 Å². The Morgan fingerprint density at radius 1 is 0.407 bits per heavy atom. The van der Waals surface area contributed by atoms with E-state index in [0.717, 1.165) is 32.6 Å². The monoisotopic (exact) mass is 404 g/mol. The molecule has 0 aliphatic carbocycles. The first-order valence-electron chi connectivity index (χ1n) is 8.84. The Kier molecular flexibility index (Phi) is 5.17. The van der Waals surface area contributed by atoms with E-state index >= 15 is 0 Å². The van der Waals surface area contributed by atoms with Gasteiger partial charge < -0.3 is 0 Å². The first-order valence-corrected chi connectivity index (χ1v) is 12.9. The highest BCUT2D eigenvalue weighted by Crippen LogP contribution is 2.24. The Morgan fingerprint density at radius 2 is 0.778 bits per heavy atom. The van der Waals surface area contributed by atoms with E-state index in [2.05, 4.69) is 48.5 Å². The highest BCUT2D eigenvalue weighted by molar-refractivity contribution is 7.56. The van der Waals surface area contributed by atoms with E-state index in [0.29, 0.717) is 0 Å². The van der Waals surface area contributed by atoms with Crippen molar-refractivity contribution >= 4 is 39.2 Å². The van der Waals surface area contributed by atoms with E-state index in [9.17, 15) is 0 Å².